The molecule has 1 N–H and O–H groups in total. The number of para-hydroxylation sites is 2. The zero-order valence-corrected chi connectivity index (χ0v) is 23.0. The van der Waals surface area contributed by atoms with Crippen LogP contribution in [0.25, 0.3) is 22.3 Å². The highest BCUT2D eigenvalue weighted by Gasteiger charge is 2.25. The number of hydrogen-bond donors (Lipinski definition) is 1. The number of ketones is 1. The molecule has 1 heterocycles. The summed E-state index contributed by atoms with van der Waals surface area (Å²) in [5, 5.41) is 0.544. The normalized spacial score (nSPS) is 11.4. The molecule has 0 saturated carbocycles. The molecule has 0 bridgehead atoms. The van der Waals surface area contributed by atoms with Crippen LogP contribution in [0.2, 0.25) is 5.02 Å². The van der Waals surface area contributed by atoms with Crippen molar-refractivity contribution in [3.63, 3.8) is 0 Å². The molecule has 0 saturated heterocycles. The summed E-state index contributed by atoms with van der Waals surface area (Å²) >= 11 is 6.15. The van der Waals surface area contributed by atoms with Gasteiger partial charge in [0.15, 0.2) is 5.78 Å². The Balaban J connectivity index is 1.46. The molecule has 6 rings (SSSR count). The van der Waals surface area contributed by atoms with Crippen LogP contribution in [0.3, 0.4) is 0 Å². The number of nitrogens with zero attached hydrogens (tertiary/aromatic N) is 2. The summed E-state index contributed by atoms with van der Waals surface area (Å²) in [5.74, 6) is -0.477. The standard InChI is InChI=1S/C32H22ClN3O4S/c33-23-16-19-30(28(20-23)31(37)22-10-4-1-5-11-22)41(39,40)34-24-17-18-29-27(21-24)32(38)36(26-14-8-3-9-15-26)35(29)25-12-6-2-7-13-25/h1-21,34H. The number of halogens is 1. The van der Waals surface area contributed by atoms with Gasteiger partial charge in [-0.3, -0.25) is 14.3 Å². The summed E-state index contributed by atoms with van der Waals surface area (Å²) in [5.41, 5.74) is 2.15. The number of sulfonamides is 1. The summed E-state index contributed by atoms with van der Waals surface area (Å²) in [6.07, 6.45) is 0. The number of carbonyl (C=O) groups excluding carboxylic acids is 1. The molecule has 0 radical (unpaired) electrons. The number of carbonyl (C=O) groups is 1. The maximum Gasteiger partial charge on any atom is 0.279 e. The first-order valence-corrected chi connectivity index (χ1v) is 14.5. The lowest BCUT2D eigenvalue weighted by Gasteiger charge is -2.14. The highest BCUT2D eigenvalue weighted by molar-refractivity contribution is 7.92. The minimum Gasteiger partial charge on any atom is -0.289 e. The number of fused-ring (bicyclic) bond motifs is 1. The van der Waals surface area contributed by atoms with Crippen molar-refractivity contribution in [3.05, 3.63) is 154 Å². The van der Waals surface area contributed by atoms with E-state index >= 15 is 0 Å². The Kier molecular flexibility index (Phi) is 6.78. The van der Waals surface area contributed by atoms with Gasteiger partial charge in [-0.25, -0.2) is 17.8 Å². The zero-order chi connectivity index (χ0) is 28.6. The fourth-order valence-corrected chi connectivity index (χ4v) is 6.17. The number of anilines is 1. The van der Waals surface area contributed by atoms with Crippen LogP contribution in [0.4, 0.5) is 5.69 Å². The molecule has 5 aromatic carbocycles. The maximum atomic E-state index is 13.8. The first kappa shape index (κ1) is 26.3. The molecule has 41 heavy (non-hydrogen) atoms. The van der Waals surface area contributed by atoms with Crippen LogP contribution in [0, 0.1) is 0 Å². The quantitative estimate of drug-likeness (QED) is 0.220. The van der Waals surface area contributed by atoms with Crippen molar-refractivity contribution in [2.75, 3.05) is 4.72 Å². The van der Waals surface area contributed by atoms with Crippen LogP contribution in [0.5, 0.6) is 0 Å². The van der Waals surface area contributed by atoms with Crippen LogP contribution in [0.15, 0.2) is 137 Å². The molecule has 0 amide bonds. The molecular weight excluding hydrogens is 558 g/mol. The zero-order valence-electron chi connectivity index (χ0n) is 21.4. The fraction of sp³-hybridized carbons (Fsp3) is 0. The average Bonchev–Trinajstić information content (AvgIpc) is 3.29. The Labute approximate surface area is 240 Å². The van der Waals surface area contributed by atoms with Crippen LogP contribution in [-0.4, -0.2) is 23.6 Å². The fourth-order valence-electron chi connectivity index (χ4n) is 4.76. The van der Waals surface area contributed by atoms with Crippen LogP contribution >= 0.6 is 11.6 Å². The van der Waals surface area contributed by atoms with Crippen molar-refractivity contribution in [1.29, 1.82) is 0 Å². The van der Waals surface area contributed by atoms with E-state index in [-0.39, 0.29) is 26.7 Å². The molecule has 202 valence electrons. The second-order valence-corrected chi connectivity index (χ2v) is 11.4. The van der Waals surface area contributed by atoms with E-state index in [0.29, 0.717) is 22.2 Å². The van der Waals surface area contributed by atoms with Crippen molar-refractivity contribution >= 4 is 44.0 Å². The molecule has 0 unspecified atom stereocenters. The topological polar surface area (TPSA) is 90.2 Å². The van der Waals surface area contributed by atoms with Crippen molar-refractivity contribution in [2.45, 2.75) is 4.90 Å². The molecule has 1 aromatic heterocycles. The third kappa shape index (κ3) is 4.95. The third-order valence-corrected chi connectivity index (χ3v) is 8.29. The maximum absolute atomic E-state index is 13.8. The Morgan fingerprint density at radius 3 is 1.90 bits per heavy atom. The molecule has 0 aliphatic heterocycles. The molecule has 7 nitrogen and oxygen atoms in total. The minimum absolute atomic E-state index is 0.0565. The summed E-state index contributed by atoms with van der Waals surface area (Å²) in [4.78, 5) is 26.8. The third-order valence-electron chi connectivity index (χ3n) is 6.61. The molecule has 0 aliphatic carbocycles. The van der Waals surface area contributed by atoms with Gasteiger partial charge in [-0.1, -0.05) is 78.3 Å². The molecule has 9 heteroatoms. The van der Waals surface area contributed by atoms with Gasteiger partial charge >= 0.3 is 0 Å². The second-order valence-electron chi connectivity index (χ2n) is 9.27. The van der Waals surface area contributed by atoms with Gasteiger partial charge in [0.25, 0.3) is 15.6 Å². The van der Waals surface area contributed by atoms with Gasteiger partial charge in [-0.05, 0) is 60.7 Å². The molecule has 0 fully saturated rings. The Hall–Kier alpha value is -4.92. The number of aromatic nitrogens is 2. The summed E-state index contributed by atoms with van der Waals surface area (Å²) in [7, 11) is -4.25. The van der Waals surface area contributed by atoms with E-state index in [0.717, 1.165) is 5.69 Å². The van der Waals surface area contributed by atoms with Crippen LogP contribution < -0.4 is 10.3 Å². The van der Waals surface area contributed by atoms with Crippen molar-refractivity contribution in [3.8, 4) is 11.4 Å². The Morgan fingerprint density at radius 2 is 1.27 bits per heavy atom. The van der Waals surface area contributed by atoms with Crippen LogP contribution in [-0.2, 0) is 10.0 Å². The molecule has 0 aliphatic rings. The lowest BCUT2D eigenvalue weighted by Crippen LogP contribution is -2.20. The molecule has 6 aromatic rings. The van der Waals surface area contributed by atoms with Crippen molar-refractivity contribution < 1.29 is 13.2 Å². The van der Waals surface area contributed by atoms with Crippen LogP contribution in [0.1, 0.15) is 15.9 Å². The van der Waals surface area contributed by atoms with Gasteiger partial charge in [0.1, 0.15) is 0 Å². The lowest BCUT2D eigenvalue weighted by molar-refractivity contribution is 0.103. The Morgan fingerprint density at radius 1 is 0.683 bits per heavy atom. The predicted molar refractivity (Wildman–Crippen MR) is 161 cm³/mol. The van der Waals surface area contributed by atoms with Gasteiger partial charge in [-0.2, -0.15) is 0 Å². The minimum atomic E-state index is -4.25. The smallest absolute Gasteiger partial charge is 0.279 e. The van der Waals surface area contributed by atoms with E-state index in [2.05, 4.69) is 4.72 Å². The summed E-state index contributed by atoms with van der Waals surface area (Å²) in [6, 6.07) is 35.8. The highest BCUT2D eigenvalue weighted by atomic mass is 35.5. The van der Waals surface area contributed by atoms with E-state index in [1.54, 1.807) is 51.8 Å². The predicted octanol–water partition coefficient (Wildman–Crippen LogP) is 6.47. The second kappa shape index (κ2) is 10.6. The van der Waals surface area contributed by atoms with Crippen molar-refractivity contribution in [1.82, 2.24) is 9.36 Å². The number of hydrogen-bond acceptors (Lipinski definition) is 4. The van der Waals surface area contributed by atoms with E-state index in [4.69, 9.17) is 11.6 Å². The van der Waals surface area contributed by atoms with E-state index in [1.165, 1.54) is 24.3 Å². The molecule has 0 atom stereocenters. The number of nitrogens with one attached hydrogen (secondary N) is 1. The van der Waals surface area contributed by atoms with Gasteiger partial charge in [-0.15, -0.1) is 0 Å². The number of benzene rings is 5. The number of rotatable bonds is 7. The van der Waals surface area contributed by atoms with Gasteiger partial charge in [0.05, 0.1) is 27.2 Å². The van der Waals surface area contributed by atoms with E-state index < -0.39 is 15.8 Å². The van der Waals surface area contributed by atoms with E-state index in [9.17, 15) is 18.0 Å². The Bertz CT molecular complexity index is 2070. The summed E-state index contributed by atoms with van der Waals surface area (Å²) in [6.45, 7) is 0. The first-order chi connectivity index (χ1) is 19.8. The van der Waals surface area contributed by atoms with Gasteiger partial charge < -0.3 is 0 Å². The largest absolute Gasteiger partial charge is 0.289 e. The summed E-state index contributed by atoms with van der Waals surface area (Å²) < 4.78 is 33.1. The lowest BCUT2D eigenvalue weighted by atomic mass is 10.0. The van der Waals surface area contributed by atoms with Crippen molar-refractivity contribution in [2.24, 2.45) is 0 Å². The highest BCUT2D eigenvalue weighted by Crippen LogP contribution is 2.28. The van der Waals surface area contributed by atoms with Gasteiger partial charge in [0, 0.05) is 21.8 Å². The average molecular weight is 580 g/mol. The SMILES string of the molecule is O=C(c1ccccc1)c1cc(Cl)ccc1S(=O)(=O)Nc1ccc2c(c1)c(=O)n(-c1ccccc1)n2-c1ccccc1. The molecule has 0 spiro atoms. The monoisotopic (exact) mass is 579 g/mol. The van der Waals surface area contributed by atoms with Gasteiger partial charge in [0.2, 0.25) is 0 Å². The van der Waals surface area contributed by atoms with E-state index in [1.807, 2.05) is 60.7 Å². The first-order valence-electron chi connectivity index (χ1n) is 12.6. The molecular formula is C32H22ClN3O4S.